The number of aryl methyl sites for hydroxylation is 3. The van der Waals surface area contributed by atoms with Gasteiger partial charge in [0.2, 0.25) is 0 Å². The molecule has 0 saturated carbocycles. The van der Waals surface area contributed by atoms with Crippen molar-refractivity contribution in [3.8, 4) is 0 Å². The van der Waals surface area contributed by atoms with Crippen LogP contribution in [0, 0.1) is 6.92 Å². The molecule has 0 amide bonds. The molecule has 2 rings (SSSR count). The molecule has 1 N–H and O–H groups in total. The zero-order chi connectivity index (χ0) is 14.7. The summed E-state index contributed by atoms with van der Waals surface area (Å²) in [5.41, 5.74) is 4.23. The molecule has 0 aliphatic carbocycles. The van der Waals surface area contributed by atoms with Gasteiger partial charge in [0.25, 0.3) is 0 Å². The van der Waals surface area contributed by atoms with Gasteiger partial charge in [-0.3, -0.25) is 4.68 Å². The summed E-state index contributed by atoms with van der Waals surface area (Å²) >= 11 is 3.59. The molecule has 6 heteroatoms. The average Bonchev–Trinajstić information content (AvgIpc) is 2.76. The van der Waals surface area contributed by atoms with Gasteiger partial charge in [-0.2, -0.15) is 15.3 Å². The highest BCUT2D eigenvalue weighted by molar-refractivity contribution is 9.10. The predicted octanol–water partition coefficient (Wildman–Crippen LogP) is 2.54. The maximum Gasteiger partial charge on any atom is 0.0778 e. The lowest BCUT2D eigenvalue weighted by molar-refractivity contribution is 0.562. The molecular formula is C14H20BrN5. The van der Waals surface area contributed by atoms with Gasteiger partial charge in [-0.25, -0.2) is 0 Å². The first-order valence-electron chi connectivity index (χ1n) is 6.82. The number of halogens is 1. The van der Waals surface area contributed by atoms with E-state index < -0.39 is 0 Å². The number of nitrogens with one attached hydrogen (secondary N) is 1. The van der Waals surface area contributed by atoms with Crippen LogP contribution in [0.25, 0.3) is 0 Å². The molecule has 0 bridgehead atoms. The van der Waals surface area contributed by atoms with Gasteiger partial charge in [-0.15, -0.1) is 0 Å². The van der Waals surface area contributed by atoms with Gasteiger partial charge in [0.05, 0.1) is 33.8 Å². The quantitative estimate of drug-likeness (QED) is 0.910. The second-order valence-corrected chi connectivity index (χ2v) is 5.59. The van der Waals surface area contributed by atoms with Crippen LogP contribution in [0.3, 0.4) is 0 Å². The Labute approximate surface area is 127 Å². The predicted molar refractivity (Wildman–Crippen MR) is 82.6 cm³/mol. The van der Waals surface area contributed by atoms with Crippen LogP contribution in [0.2, 0.25) is 0 Å². The molecule has 0 saturated heterocycles. The van der Waals surface area contributed by atoms with Crippen LogP contribution in [-0.2, 0) is 13.5 Å². The summed E-state index contributed by atoms with van der Waals surface area (Å²) in [5, 5.41) is 16.3. The molecule has 0 spiro atoms. The highest BCUT2D eigenvalue weighted by Gasteiger charge is 2.23. The lowest BCUT2D eigenvalue weighted by Crippen LogP contribution is -2.26. The SMILES string of the molecule is CCNC(c1cc(C)nnc1CC)c1c(Br)cnn1C. The van der Waals surface area contributed by atoms with Crippen molar-refractivity contribution in [2.24, 2.45) is 7.05 Å². The summed E-state index contributed by atoms with van der Waals surface area (Å²) in [6, 6.07) is 2.17. The Hall–Kier alpha value is -1.27. The third kappa shape index (κ3) is 2.91. The zero-order valence-electron chi connectivity index (χ0n) is 12.3. The molecule has 0 radical (unpaired) electrons. The minimum absolute atomic E-state index is 0.0611. The van der Waals surface area contributed by atoms with E-state index in [1.54, 1.807) is 0 Å². The molecule has 2 heterocycles. The van der Waals surface area contributed by atoms with Crippen molar-refractivity contribution in [3.63, 3.8) is 0 Å². The number of aromatic nitrogens is 4. The van der Waals surface area contributed by atoms with Crippen LogP contribution in [0.15, 0.2) is 16.7 Å². The first-order chi connectivity index (χ1) is 9.58. The Bertz CT molecular complexity index is 574. The molecule has 0 aliphatic rings. The topological polar surface area (TPSA) is 55.6 Å². The molecule has 108 valence electrons. The molecule has 2 aromatic rings. The average molecular weight is 338 g/mol. The molecule has 0 fully saturated rings. The fourth-order valence-corrected chi connectivity index (χ4v) is 2.94. The maximum absolute atomic E-state index is 4.33. The molecule has 2 aromatic heterocycles. The molecule has 1 unspecified atom stereocenters. The number of rotatable bonds is 5. The maximum atomic E-state index is 4.33. The van der Waals surface area contributed by atoms with Crippen LogP contribution >= 0.6 is 15.9 Å². The monoisotopic (exact) mass is 337 g/mol. The second-order valence-electron chi connectivity index (χ2n) is 4.73. The van der Waals surface area contributed by atoms with Gasteiger partial charge >= 0.3 is 0 Å². The lowest BCUT2D eigenvalue weighted by atomic mass is 10.0. The van der Waals surface area contributed by atoms with E-state index >= 15 is 0 Å². The van der Waals surface area contributed by atoms with Crippen molar-refractivity contribution in [1.29, 1.82) is 0 Å². The van der Waals surface area contributed by atoms with Crippen molar-refractivity contribution < 1.29 is 0 Å². The fourth-order valence-electron chi connectivity index (χ4n) is 2.36. The Morgan fingerprint density at radius 1 is 1.35 bits per heavy atom. The van der Waals surface area contributed by atoms with Crippen molar-refractivity contribution in [2.45, 2.75) is 33.2 Å². The molecule has 0 aliphatic heterocycles. The Morgan fingerprint density at radius 3 is 2.65 bits per heavy atom. The standard InChI is InChI=1S/C14H20BrN5/c1-5-12-10(7-9(3)18-19-12)13(16-6-2)14-11(15)8-17-20(14)4/h7-8,13,16H,5-6H2,1-4H3. The van der Waals surface area contributed by atoms with Gasteiger partial charge in [0, 0.05) is 12.6 Å². The molecule has 20 heavy (non-hydrogen) atoms. The largest absolute Gasteiger partial charge is 0.305 e. The van der Waals surface area contributed by atoms with Crippen LogP contribution in [0.5, 0.6) is 0 Å². The number of nitrogens with zero attached hydrogens (tertiary/aromatic N) is 4. The highest BCUT2D eigenvalue weighted by atomic mass is 79.9. The van der Waals surface area contributed by atoms with E-state index in [1.807, 2.05) is 24.9 Å². The van der Waals surface area contributed by atoms with Crippen molar-refractivity contribution in [3.05, 3.63) is 39.4 Å². The second kappa shape index (κ2) is 6.45. The van der Waals surface area contributed by atoms with Crippen molar-refractivity contribution in [1.82, 2.24) is 25.3 Å². The van der Waals surface area contributed by atoms with E-state index in [0.29, 0.717) is 0 Å². The number of hydrogen-bond donors (Lipinski definition) is 1. The first kappa shape index (κ1) is 15.1. The van der Waals surface area contributed by atoms with E-state index in [0.717, 1.165) is 34.5 Å². The normalized spacial score (nSPS) is 12.7. The molecule has 1 atom stereocenters. The third-order valence-electron chi connectivity index (χ3n) is 3.29. The summed E-state index contributed by atoms with van der Waals surface area (Å²) in [6.07, 6.45) is 2.69. The van der Waals surface area contributed by atoms with Crippen LogP contribution in [0.1, 0.15) is 42.5 Å². The van der Waals surface area contributed by atoms with Gasteiger partial charge < -0.3 is 5.32 Å². The molecule has 5 nitrogen and oxygen atoms in total. The molecular weight excluding hydrogens is 318 g/mol. The van der Waals surface area contributed by atoms with Gasteiger partial charge in [-0.1, -0.05) is 13.8 Å². The Morgan fingerprint density at radius 2 is 2.10 bits per heavy atom. The van der Waals surface area contributed by atoms with Gasteiger partial charge in [0.1, 0.15) is 0 Å². The van der Waals surface area contributed by atoms with Gasteiger partial charge in [0.15, 0.2) is 0 Å². The van der Waals surface area contributed by atoms with Crippen LogP contribution < -0.4 is 5.32 Å². The van der Waals surface area contributed by atoms with Crippen molar-refractivity contribution in [2.75, 3.05) is 6.54 Å². The third-order valence-corrected chi connectivity index (χ3v) is 3.90. The van der Waals surface area contributed by atoms with E-state index in [-0.39, 0.29) is 6.04 Å². The summed E-state index contributed by atoms with van der Waals surface area (Å²) in [5.74, 6) is 0. The lowest BCUT2D eigenvalue weighted by Gasteiger charge is -2.21. The summed E-state index contributed by atoms with van der Waals surface area (Å²) < 4.78 is 2.90. The van der Waals surface area contributed by atoms with Gasteiger partial charge in [-0.05, 0) is 41.9 Å². The smallest absolute Gasteiger partial charge is 0.0778 e. The summed E-state index contributed by atoms with van der Waals surface area (Å²) in [6.45, 7) is 7.04. The van der Waals surface area contributed by atoms with E-state index in [4.69, 9.17) is 0 Å². The number of hydrogen-bond acceptors (Lipinski definition) is 4. The van der Waals surface area contributed by atoms with E-state index in [2.05, 4.69) is 56.5 Å². The summed E-state index contributed by atoms with van der Waals surface area (Å²) in [4.78, 5) is 0. The van der Waals surface area contributed by atoms with E-state index in [9.17, 15) is 0 Å². The van der Waals surface area contributed by atoms with Crippen molar-refractivity contribution >= 4 is 15.9 Å². The van der Waals surface area contributed by atoms with Crippen LogP contribution in [0.4, 0.5) is 0 Å². The summed E-state index contributed by atoms with van der Waals surface area (Å²) in [7, 11) is 1.96. The zero-order valence-corrected chi connectivity index (χ0v) is 13.9. The fraction of sp³-hybridized carbons (Fsp3) is 0.500. The molecule has 0 aromatic carbocycles. The van der Waals surface area contributed by atoms with Crippen LogP contribution in [-0.4, -0.2) is 26.5 Å². The Balaban J connectivity index is 2.57. The minimum Gasteiger partial charge on any atom is -0.305 e. The van der Waals surface area contributed by atoms with E-state index in [1.165, 1.54) is 5.56 Å². The minimum atomic E-state index is 0.0611. The Kier molecular flexibility index (Phi) is 4.88. The first-order valence-corrected chi connectivity index (χ1v) is 7.61. The highest BCUT2D eigenvalue weighted by Crippen LogP contribution is 2.29.